The smallest absolute Gasteiger partial charge is 1.00 e. The maximum absolute atomic E-state index is 10.8. The van der Waals surface area contributed by atoms with E-state index in [4.69, 9.17) is 9.92 Å². The van der Waals surface area contributed by atoms with E-state index < -0.39 is 10.1 Å². The van der Waals surface area contributed by atoms with E-state index in [0.29, 0.717) is 11.3 Å². The summed E-state index contributed by atoms with van der Waals surface area (Å²) in [4.78, 5) is 0. The Hall–Kier alpha value is -0.0700. The Kier molecular flexibility index (Phi) is 5.70. The molecule has 4 nitrogen and oxygen atoms in total. The molecule has 1 aromatic carbocycles. The molecule has 14 heavy (non-hydrogen) atoms. The van der Waals surface area contributed by atoms with Crippen LogP contribution < -0.4 is 39.5 Å². The summed E-state index contributed by atoms with van der Waals surface area (Å²) >= 11 is 0. The number of benzene rings is 1. The molecule has 1 aromatic rings. The monoisotopic (exact) mass is 225 g/mol. The normalized spacial score (nSPS) is 10.4. The molecule has 0 atom stereocenters. The first kappa shape index (κ1) is 13.9. The second-order valence-electron chi connectivity index (χ2n) is 2.60. The number of hydrogen-bond acceptors (Lipinski definition) is 4. The largest absolute Gasteiger partial charge is 1.00 e. The van der Waals surface area contributed by atoms with Gasteiger partial charge >= 0.3 is 39.7 Å². The van der Waals surface area contributed by atoms with Gasteiger partial charge in [0, 0.05) is 12.1 Å². The van der Waals surface area contributed by atoms with Crippen molar-refractivity contribution in [2.45, 2.75) is 6.54 Å². The van der Waals surface area contributed by atoms with Crippen molar-refractivity contribution >= 4 is 10.1 Å². The Morgan fingerprint density at radius 1 is 1.43 bits per heavy atom. The van der Waals surface area contributed by atoms with Gasteiger partial charge in [-0.2, -0.15) is 8.42 Å². The van der Waals surface area contributed by atoms with E-state index in [1.165, 1.54) is 0 Å². The maximum atomic E-state index is 10.8. The molecule has 0 amide bonds. The molecule has 0 saturated heterocycles. The molecule has 0 radical (unpaired) electrons. The minimum Gasteiger partial charge on any atom is -1.00 e. The van der Waals surface area contributed by atoms with Gasteiger partial charge in [-0.15, -0.1) is 0 Å². The second kappa shape index (κ2) is 5.72. The topological polar surface area (TPSA) is 69.4 Å². The SMILES string of the molecule is CS(=O)(=O)Oc1ccccc1CN.[H-].[Na+]. The van der Waals surface area contributed by atoms with E-state index in [9.17, 15) is 8.42 Å². The Bertz CT molecular complexity index is 397. The summed E-state index contributed by atoms with van der Waals surface area (Å²) in [6.07, 6.45) is 1.00. The predicted octanol–water partition coefficient (Wildman–Crippen LogP) is -2.40. The van der Waals surface area contributed by atoms with Gasteiger partial charge in [-0.1, -0.05) is 18.2 Å². The summed E-state index contributed by atoms with van der Waals surface area (Å²) in [5.74, 6) is 0.299. The van der Waals surface area contributed by atoms with Crippen LogP contribution in [-0.2, 0) is 16.7 Å². The van der Waals surface area contributed by atoms with Crippen molar-refractivity contribution in [3.05, 3.63) is 29.8 Å². The molecule has 0 aliphatic heterocycles. The van der Waals surface area contributed by atoms with E-state index in [0.717, 1.165) is 6.26 Å². The molecule has 6 heteroatoms. The van der Waals surface area contributed by atoms with Gasteiger partial charge in [-0.25, -0.2) is 0 Å². The van der Waals surface area contributed by atoms with Gasteiger partial charge in [-0.05, 0) is 6.07 Å². The fourth-order valence-electron chi connectivity index (χ4n) is 0.917. The van der Waals surface area contributed by atoms with E-state index in [1.54, 1.807) is 24.3 Å². The molecule has 0 heterocycles. The summed E-state index contributed by atoms with van der Waals surface area (Å²) in [5, 5.41) is 0. The molecular weight excluding hydrogens is 213 g/mol. The van der Waals surface area contributed by atoms with Crippen LogP contribution in [0.15, 0.2) is 24.3 Å². The Morgan fingerprint density at radius 2 is 2.00 bits per heavy atom. The number of rotatable bonds is 3. The number of hydrogen-bond donors (Lipinski definition) is 1. The minimum atomic E-state index is -3.47. The van der Waals surface area contributed by atoms with Crippen molar-refractivity contribution in [3.63, 3.8) is 0 Å². The number of nitrogens with two attached hydrogens (primary N) is 1. The Morgan fingerprint density at radius 3 is 2.50 bits per heavy atom. The van der Waals surface area contributed by atoms with Gasteiger partial charge in [0.25, 0.3) is 0 Å². The van der Waals surface area contributed by atoms with Gasteiger partial charge in [0.15, 0.2) is 0 Å². The average molecular weight is 225 g/mol. The summed E-state index contributed by atoms with van der Waals surface area (Å²) in [6, 6.07) is 6.76. The summed E-state index contributed by atoms with van der Waals surface area (Å²) in [7, 11) is -3.47. The zero-order valence-corrected chi connectivity index (χ0v) is 11.0. The fourth-order valence-corrected chi connectivity index (χ4v) is 1.41. The molecule has 1 rings (SSSR count). The number of para-hydroxylation sites is 1. The van der Waals surface area contributed by atoms with E-state index in [1.807, 2.05) is 0 Å². The van der Waals surface area contributed by atoms with Crippen LogP contribution in [0.25, 0.3) is 0 Å². The molecule has 0 aromatic heterocycles. The first-order valence-electron chi connectivity index (χ1n) is 3.70. The van der Waals surface area contributed by atoms with Crippen molar-refractivity contribution in [3.8, 4) is 5.75 Å². The minimum absolute atomic E-state index is 0. The van der Waals surface area contributed by atoms with Gasteiger partial charge in [0.2, 0.25) is 0 Å². The third-order valence-corrected chi connectivity index (χ3v) is 1.92. The molecule has 74 valence electrons. The molecule has 0 spiro atoms. The van der Waals surface area contributed by atoms with E-state index >= 15 is 0 Å². The third kappa shape index (κ3) is 4.43. The van der Waals surface area contributed by atoms with Gasteiger partial charge in [0.1, 0.15) is 5.75 Å². The zero-order valence-electron chi connectivity index (χ0n) is 9.23. The zero-order chi connectivity index (χ0) is 9.90. The molecular formula is C8H12NNaO3S. The van der Waals surface area contributed by atoms with Crippen molar-refractivity contribution < 1.29 is 43.6 Å². The maximum Gasteiger partial charge on any atom is 1.00 e. The van der Waals surface area contributed by atoms with Crippen molar-refractivity contribution in [1.29, 1.82) is 0 Å². The summed E-state index contributed by atoms with van der Waals surface area (Å²) in [5.41, 5.74) is 6.07. The molecule has 0 unspecified atom stereocenters. The first-order valence-corrected chi connectivity index (χ1v) is 5.52. The van der Waals surface area contributed by atoms with E-state index in [2.05, 4.69) is 0 Å². The van der Waals surface area contributed by atoms with Crippen LogP contribution in [0, 0.1) is 0 Å². The van der Waals surface area contributed by atoms with Crippen LogP contribution >= 0.6 is 0 Å². The van der Waals surface area contributed by atoms with Crippen LogP contribution in [-0.4, -0.2) is 14.7 Å². The molecule has 0 fully saturated rings. The summed E-state index contributed by atoms with van der Waals surface area (Å²) in [6.45, 7) is 0.256. The predicted molar refractivity (Wildman–Crippen MR) is 50.9 cm³/mol. The van der Waals surface area contributed by atoms with Gasteiger partial charge in [-0.3, -0.25) is 0 Å². The standard InChI is InChI=1S/C8H11NO3S.Na.H/c1-13(10,11)12-8-5-3-2-4-7(8)6-9;;/h2-5H,6,9H2,1H3;;/q;+1;-1. The molecule has 0 aliphatic carbocycles. The van der Waals surface area contributed by atoms with Crippen molar-refractivity contribution in [2.24, 2.45) is 5.73 Å². The van der Waals surface area contributed by atoms with Crippen molar-refractivity contribution in [2.75, 3.05) is 6.26 Å². The van der Waals surface area contributed by atoms with Crippen LogP contribution in [0.4, 0.5) is 0 Å². The van der Waals surface area contributed by atoms with Crippen LogP contribution in [0.1, 0.15) is 6.99 Å². The quantitative estimate of drug-likeness (QED) is 0.460. The van der Waals surface area contributed by atoms with E-state index in [-0.39, 0.29) is 37.5 Å². The molecule has 2 N–H and O–H groups in total. The van der Waals surface area contributed by atoms with Crippen LogP contribution in [0.2, 0.25) is 0 Å². The van der Waals surface area contributed by atoms with Gasteiger partial charge in [0.05, 0.1) is 6.26 Å². The molecule has 0 saturated carbocycles. The molecule has 0 aliphatic rings. The van der Waals surface area contributed by atoms with Gasteiger partial charge < -0.3 is 11.3 Å². The van der Waals surface area contributed by atoms with Crippen LogP contribution in [0.5, 0.6) is 5.75 Å². The Balaban J connectivity index is 0. The fraction of sp³-hybridized carbons (Fsp3) is 0.250. The second-order valence-corrected chi connectivity index (χ2v) is 4.17. The first-order chi connectivity index (χ1) is 6.03. The average Bonchev–Trinajstić information content (AvgIpc) is 2.02. The molecule has 0 bridgehead atoms. The van der Waals surface area contributed by atoms with Crippen LogP contribution in [0.3, 0.4) is 0 Å². The summed E-state index contributed by atoms with van der Waals surface area (Å²) < 4.78 is 26.3. The Labute approximate surface area is 107 Å². The third-order valence-electron chi connectivity index (χ3n) is 1.43. The van der Waals surface area contributed by atoms with Crippen molar-refractivity contribution in [1.82, 2.24) is 0 Å².